The summed E-state index contributed by atoms with van der Waals surface area (Å²) in [6.45, 7) is 0.0808. The minimum atomic E-state index is -1.52. The molecule has 37 heavy (non-hydrogen) atoms. The van der Waals surface area contributed by atoms with Gasteiger partial charge in [-0.05, 0) is 34.9 Å². The number of carboxylic acids is 2. The van der Waals surface area contributed by atoms with Crippen molar-refractivity contribution in [1.29, 1.82) is 0 Å². The van der Waals surface area contributed by atoms with Crippen molar-refractivity contribution < 1.29 is 132 Å². The molecule has 0 N–H and O–H groups in total. The summed E-state index contributed by atoms with van der Waals surface area (Å²) in [6, 6.07) is 15.7. The average molecular weight is 568 g/mol. The Hall–Kier alpha value is -1.03. The van der Waals surface area contributed by atoms with Crippen LogP contribution in [-0.2, 0) is 13.0 Å². The molecule has 0 amide bonds. The van der Waals surface area contributed by atoms with Crippen LogP contribution >= 0.6 is 11.6 Å². The molecule has 0 atom stereocenters. The van der Waals surface area contributed by atoms with Gasteiger partial charge in [0.15, 0.2) is 16.9 Å². The first-order valence-corrected chi connectivity index (χ1v) is 11.0. The molecule has 4 aromatic rings. The number of nitrogens with zero attached hydrogens (tertiary/aromatic N) is 1. The van der Waals surface area contributed by atoms with Crippen molar-refractivity contribution in [1.82, 2.24) is 4.57 Å². The summed E-state index contributed by atoms with van der Waals surface area (Å²) >= 11 is 6.46. The van der Waals surface area contributed by atoms with Crippen LogP contribution in [0.2, 0.25) is 5.02 Å². The van der Waals surface area contributed by atoms with Gasteiger partial charge in [0, 0.05) is 35.0 Å². The number of fused-ring (bicyclic) bond motifs is 2. The second-order valence-corrected chi connectivity index (χ2v) is 8.41. The van der Waals surface area contributed by atoms with Crippen molar-refractivity contribution in [2.75, 3.05) is 6.79 Å². The Kier molecular flexibility index (Phi) is 10.6. The van der Waals surface area contributed by atoms with Crippen LogP contribution in [0.1, 0.15) is 37.5 Å². The Balaban J connectivity index is 0.00000190. The Labute approximate surface area is 301 Å². The SMILES string of the molecule is O=C([O-])c1ccc(Cc2c(C(=O)[O-])n(Cc3cc4c(cc3Cl)OCO4)c3ccccc3c2=O)cc1.[K+].[K+]. The summed E-state index contributed by atoms with van der Waals surface area (Å²) in [7, 11) is 0. The summed E-state index contributed by atoms with van der Waals surface area (Å²) in [6.07, 6.45) is -0.0464. The number of carbonyl (C=O) groups is 2. The second kappa shape index (κ2) is 12.9. The monoisotopic (exact) mass is 567 g/mol. The van der Waals surface area contributed by atoms with Crippen LogP contribution in [-0.4, -0.2) is 23.3 Å². The molecule has 0 aliphatic carbocycles. The first kappa shape index (κ1) is 30.5. The summed E-state index contributed by atoms with van der Waals surface area (Å²) in [5.41, 5.74) is 0.780. The molecule has 176 valence electrons. The number of rotatable bonds is 6. The van der Waals surface area contributed by atoms with Crippen molar-refractivity contribution in [2.45, 2.75) is 13.0 Å². The first-order chi connectivity index (χ1) is 16.8. The van der Waals surface area contributed by atoms with Crippen molar-refractivity contribution in [3.63, 3.8) is 0 Å². The summed E-state index contributed by atoms with van der Waals surface area (Å²) in [4.78, 5) is 36.8. The Morgan fingerprint density at radius 1 is 0.919 bits per heavy atom. The predicted octanol–water partition coefficient (Wildman–Crippen LogP) is -4.24. The molecule has 3 aromatic carbocycles. The van der Waals surface area contributed by atoms with E-state index in [1.54, 1.807) is 36.4 Å². The third-order valence-electron chi connectivity index (χ3n) is 5.90. The standard InChI is InChI=1S/C26H18ClNO7.2K/c27-19-11-22-21(34-13-35-22)10-16(19)12-28-20-4-2-1-3-17(20)24(29)18(23(28)26(32)33)9-14-5-7-15(8-6-14)25(30)31;;/h1-8,10-11H,9,12-13H2,(H,30,31)(H,32,33);;/q;2*+1/p-2. The molecular formula is C26H16ClK2NO7. The van der Waals surface area contributed by atoms with Crippen LogP contribution in [0.25, 0.3) is 10.9 Å². The van der Waals surface area contributed by atoms with Crippen molar-refractivity contribution in [3.05, 3.63) is 104 Å². The Bertz CT molecular complexity index is 1570. The van der Waals surface area contributed by atoms with E-state index < -0.39 is 17.4 Å². The molecule has 0 spiro atoms. The van der Waals surface area contributed by atoms with E-state index in [2.05, 4.69) is 0 Å². The number of pyridine rings is 1. The van der Waals surface area contributed by atoms with E-state index in [1.165, 1.54) is 28.8 Å². The van der Waals surface area contributed by atoms with Crippen LogP contribution in [0.3, 0.4) is 0 Å². The van der Waals surface area contributed by atoms with Crippen LogP contribution in [0.5, 0.6) is 11.5 Å². The van der Waals surface area contributed by atoms with E-state index in [0.29, 0.717) is 38.6 Å². The molecule has 0 bridgehead atoms. The predicted molar refractivity (Wildman–Crippen MR) is 123 cm³/mol. The van der Waals surface area contributed by atoms with E-state index >= 15 is 0 Å². The number of carboxylic acid groups (broad SMARTS) is 2. The molecule has 0 radical (unpaired) electrons. The molecule has 1 aliphatic rings. The molecule has 0 fully saturated rings. The van der Waals surface area contributed by atoms with Crippen molar-refractivity contribution in [2.24, 2.45) is 0 Å². The Morgan fingerprint density at radius 3 is 2.22 bits per heavy atom. The fourth-order valence-electron chi connectivity index (χ4n) is 4.23. The van der Waals surface area contributed by atoms with Gasteiger partial charge < -0.3 is 33.8 Å². The van der Waals surface area contributed by atoms with E-state index in [1.807, 2.05) is 0 Å². The molecule has 1 aromatic heterocycles. The van der Waals surface area contributed by atoms with Gasteiger partial charge in [0.2, 0.25) is 6.79 Å². The van der Waals surface area contributed by atoms with Crippen LogP contribution in [0, 0.1) is 0 Å². The topological polar surface area (TPSA) is 121 Å². The van der Waals surface area contributed by atoms with Gasteiger partial charge in [0.25, 0.3) is 0 Å². The van der Waals surface area contributed by atoms with Gasteiger partial charge in [-0.2, -0.15) is 0 Å². The number of carbonyl (C=O) groups excluding carboxylic acids is 2. The van der Waals surface area contributed by atoms with E-state index in [-0.39, 0.29) is 139 Å². The smallest absolute Gasteiger partial charge is 0.545 e. The zero-order valence-electron chi connectivity index (χ0n) is 20.1. The van der Waals surface area contributed by atoms with Crippen LogP contribution in [0.4, 0.5) is 0 Å². The molecule has 5 rings (SSSR count). The van der Waals surface area contributed by atoms with Gasteiger partial charge in [0.1, 0.15) is 0 Å². The van der Waals surface area contributed by atoms with E-state index in [9.17, 15) is 24.6 Å². The number of para-hydroxylation sites is 1. The molecule has 1 aliphatic heterocycles. The number of aromatic carboxylic acids is 2. The third kappa shape index (κ3) is 6.25. The van der Waals surface area contributed by atoms with E-state index in [0.717, 1.165) is 0 Å². The summed E-state index contributed by atoms with van der Waals surface area (Å²) in [5, 5.41) is 24.1. The number of halogens is 1. The molecule has 2 heterocycles. The van der Waals surface area contributed by atoms with Gasteiger partial charge in [-0.3, -0.25) is 4.79 Å². The second-order valence-electron chi connectivity index (χ2n) is 8.01. The van der Waals surface area contributed by atoms with Gasteiger partial charge in [0.05, 0.1) is 23.1 Å². The molecular weight excluding hydrogens is 552 g/mol. The van der Waals surface area contributed by atoms with Gasteiger partial charge in [-0.15, -0.1) is 0 Å². The van der Waals surface area contributed by atoms with Crippen molar-refractivity contribution >= 4 is 34.4 Å². The minimum absolute atomic E-state index is 0. The average Bonchev–Trinajstić information content (AvgIpc) is 3.29. The maximum Gasteiger partial charge on any atom is 1.00 e. The van der Waals surface area contributed by atoms with Crippen LogP contribution < -0.4 is 128 Å². The van der Waals surface area contributed by atoms with Crippen LogP contribution in [0.15, 0.2) is 65.5 Å². The maximum absolute atomic E-state index is 13.4. The number of ether oxygens (including phenoxy) is 2. The molecule has 11 heteroatoms. The fraction of sp³-hybridized carbons (Fsp3) is 0.115. The number of aromatic nitrogens is 1. The molecule has 8 nitrogen and oxygen atoms in total. The third-order valence-corrected chi connectivity index (χ3v) is 6.26. The maximum atomic E-state index is 13.4. The van der Waals surface area contributed by atoms with Gasteiger partial charge >= 0.3 is 103 Å². The zero-order chi connectivity index (χ0) is 24.7. The van der Waals surface area contributed by atoms with Crippen molar-refractivity contribution in [3.8, 4) is 11.5 Å². The number of hydrogen-bond acceptors (Lipinski definition) is 7. The summed E-state index contributed by atoms with van der Waals surface area (Å²) in [5.74, 6) is -1.88. The largest absolute Gasteiger partial charge is 1.00 e. The minimum Gasteiger partial charge on any atom is -0.545 e. The molecule has 0 unspecified atom stereocenters. The number of hydrogen-bond donors (Lipinski definition) is 0. The number of benzene rings is 3. The van der Waals surface area contributed by atoms with Gasteiger partial charge in [-0.25, -0.2) is 0 Å². The first-order valence-electron chi connectivity index (χ1n) is 10.6. The Morgan fingerprint density at radius 2 is 1.57 bits per heavy atom. The summed E-state index contributed by atoms with van der Waals surface area (Å²) < 4.78 is 12.3. The zero-order valence-corrected chi connectivity index (χ0v) is 27.1. The molecule has 0 saturated heterocycles. The molecule has 0 saturated carbocycles. The normalized spacial score (nSPS) is 11.5. The fourth-order valence-corrected chi connectivity index (χ4v) is 4.44. The van der Waals surface area contributed by atoms with Gasteiger partial charge in [-0.1, -0.05) is 48.0 Å². The quantitative estimate of drug-likeness (QED) is 0.216. The van der Waals surface area contributed by atoms with E-state index in [4.69, 9.17) is 21.1 Å².